The average Bonchev–Trinajstić information content (AvgIpc) is 2.62. The zero-order valence-electron chi connectivity index (χ0n) is 15.4. The first-order chi connectivity index (χ1) is 11.9. The highest BCUT2D eigenvalue weighted by atomic mass is 32.2. The summed E-state index contributed by atoms with van der Waals surface area (Å²) in [6.45, 7) is 10.6. The van der Waals surface area contributed by atoms with Crippen LogP contribution in [0.3, 0.4) is 0 Å². The predicted molar refractivity (Wildman–Crippen MR) is 100 cm³/mol. The van der Waals surface area contributed by atoms with Gasteiger partial charge in [-0.25, -0.2) is 8.42 Å². The summed E-state index contributed by atoms with van der Waals surface area (Å²) in [5.41, 5.74) is 0.915. The smallest absolute Gasteiger partial charge is 0.243 e. The van der Waals surface area contributed by atoms with E-state index in [-0.39, 0.29) is 10.6 Å². The van der Waals surface area contributed by atoms with Gasteiger partial charge in [0.15, 0.2) is 0 Å². The van der Waals surface area contributed by atoms with Crippen molar-refractivity contribution in [3.8, 4) is 5.75 Å². The third-order valence-corrected chi connectivity index (χ3v) is 6.61. The Morgan fingerprint density at radius 3 is 2.28 bits per heavy atom. The first-order valence-electron chi connectivity index (χ1n) is 8.72. The molecule has 0 spiro atoms. The van der Waals surface area contributed by atoms with Gasteiger partial charge in [-0.15, -0.1) is 0 Å². The summed E-state index contributed by atoms with van der Waals surface area (Å²) in [7, 11) is -3.65. The minimum atomic E-state index is -3.65. The second kappa shape index (κ2) is 8.12. The largest absolute Gasteiger partial charge is 0.505 e. The van der Waals surface area contributed by atoms with Crippen molar-refractivity contribution in [1.82, 2.24) is 14.2 Å². The standard InChI is InChI=1S/C18H27N3O3S/c1-5-20(6-2)13-14-12-16(25(23,24)21(7-3)8-4)15-10-9-11-19-17(15)18(14)22/h9-12,22H,5-8,13H2,1-4H3. The molecule has 2 aromatic rings. The first kappa shape index (κ1) is 19.6. The van der Waals surface area contributed by atoms with Crippen LogP contribution >= 0.6 is 0 Å². The van der Waals surface area contributed by atoms with E-state index in [1.165, 1.54) is 4.31 Å². The Morgan fingerprint density at radius 1 is 1.08 bits per heavy atom. The third kappa shape index (κ3) is 3.78. The number of nitrogens with zero attached hydrogens (tertiary/aromatic N) is 3. The number of phenolic OH excluding ortho intramolecular Hbond substituents is 1. The Labute approximate surface area is 150 Å². The molecule has 1 N–H and O–H groups in total. The molecule has 0 saturated carbocycles. The minimum absolute atomic E-state index is 0.0565. The number of benzene rings is 1. The molecule has 0 saturated heterocycles. The molecule has 0 radical (unpaired) electrons. The average molecular weight is 365 g/mol. The van der Waals surface area contributed by atoms with E-state index in [2.05, 4.69) is 9.88 Å². The highest BCUT2D eigenvalue weighted by Crippen LogP contribution is 2.34. The second-order valence-electron chi connectivity index (χ2n) is 5.83. The number of aromatic hydroxyl groups is 1. The first-order valence-corrected chi connectivity index (χ1v) is 10.2. The lowest BCUT2D eigenvalue weighted by molar-refractivity contribution is 0.291. The maximum atomic E-state index is 13.1. The lowest BCUT2D eigenvalue weighted by Gasteiger charge is -2.23. The zero-order chi connectivity index (χ0) is 18.6. The van der Waals surface area contributed by atoms with E-state index >= 15 is 0 Å². The number of pyridine rings is 1. The van der Waals surface area contributed by atoms with Crippen molar-refractivity contribution in [3.05, 3.63) is 30.0 Å². The number of aromatic nitrogens is 1. The van der Waals surface area contributed by atoms with Gasteiger partial charge in [-0.3, -0.25) is 9.88 Å². The molecule has 1 aromatic heterocycles. The van der Waals surface area contributed by atoms with Crippen LogP contribution in [0.4, 0.5) is 0 Å². The molecule has 0 aliphatic carbocycles. The fourth-order valence-corrected chi connectivity index (χ4v) is 4.67. The van der Waals surface area contributed by atoms with E-state index in [1.807, 2.05) is 27.7 Å². The van der Waals surface area contributed by atoms with E-state index in [0.717, 1.165) is 13.1 Å². The Morgan fingerprint density at radius 2 is 1.72 bits per heavy atom. The van der Waals surface area contributed by atoms with Crippen LogP contribution in [-0.2, 0) is 16.6 Å². The van der Waals surface area contributed by atoms with Crippen LogP contribution in [0.2, 0.25) is 0 Å². The van der Waals surface area contributed by atoms with Crippen molar-refractivity contribution < 1.29 is 13.5 Å². The maximum absolute atomic E-state index is 13.1. The van der Waals surface area contributed by atoms with Gasteiger partial charge < -0.3 is 5.11 Å². The quantitative estimate of drug-likeness (QED) is 0.779. The maximum Gasteiger partial charge on any atom is 0.243 e. The van der Waals surface area contributed by atoms with Crippen molar-refractivity contribution in [2.75, 3.05) is 26.2 Å². The van der Waals surface area contributed by atoms with Gasteiger partial charge in [0.2, 0.25) is 10.0 Å². The Balaban J connectivity index is 2.73. The molecule has 0 unspecified atom stereocenters. The summed E-state index contributed by atoms with van der Waals surface area (Å²) in [4.78, 5) is 6.56. The SMILES string of the molecule is CCN(CC)Cc1cc(S(=O)(=O)N(CC)CC)c2cccnc2c1O. The van der Waals surface area contributed by atoms with E-state index in [0.29, 0.717) is 36.1 Å². The fourth-order valence-electron chi connectivity index (χ4n) is 2.97. The van der Waals surface area contributed by atoms with Gasteiger partial charge >= 0.3 is 0 Å². The van der Waals surface area contributed by atoms with Gasteiger partial charge in [-0.05, 0) is 31.3 Å². The molecule has 138 valence electrons. The highest BCUT2D eigenvalue weighted by molar-refractivity contribution is 7.89. The van der Waals surface area contributed by atoms with Crippen molar-refractivity contribution in [2.45, 2.75) is 39.1 Å². The van der Waals surface area contributed by atoms with Crippen LogP contribution in [-0.4, -0.2) is 53.9 Å². The molecule has 0 bridgehead atoms. The Hall–Kier alpha value is -1.70. The molecule has 25 heavy (non-hydrogen) atoms. The van der Waals surface area contributed by atoms with Gasteiger partial charge in [-0.1, -0.05) is 27.7 Å². The number of rotatable bonds is 8. The summed E-state index contributed by atoms with van der Waals surface area (Å²) < 4.78 is 27.6. The summed E-state index contributed by atoms with van der Waals surface area (Å²) in [6.07, 6.45) is 1.57. The number of hydrogen-bond donors (Lipinski definition) is 1. The molecule has 6 nitrogen and oxygen atoms in total. The van der Waals surface area contributed by atoms with Crippen molar-refractivity contribution >= 4 is 20.9 Å². The third-order valence-electron chi connectivity index (χ3n) is 4.52. The molecule has 0 atom stereocenters. The zero-order valence-corrected chi connectivity index (χ0v) is 16.2. The van der Waals surface area contributed by atoms with Crippen LogP contribution < -0.4 is 0 Å². The lowest BCUT2D eigenvalue weighted by Crippen LogP contribution is -2.31. The molecule has 1 aromatic carbocycles. The van der Waals surface area contributed by atoms with Crippen molar-refractivity contribution in [2.24, 2.45) is 0 Å². The van der Waals surface area contributed by atoms with Gasteiger partial charge in [0.05, 0.1) is 4.90 Å². The van der Waals surface area contributed by atoms with Crippen LogP contribution in [0.5, 0.6) is 5.75 Å². The van der Waals surface area contributed by atoms with Gasteiger partial charge in [0, 0.05) is 36.8 Å². The molecule has 1 heterocycles. The lowest BCUT2D eigenvalue weighted by atomic mass is 10.1. The minimum Gasteiger partial charge on any atom is -0.505 e. The van der Waals surface area contributed by atoms with Gasteiger partial charge in [-0.2, -0.15) is 4.31 Å². The topological polar surface area (TPSA) is 73.7 Å². The summed E-state index contributed by atoms with van der Waals surface area (Å²) in [5.74, 6) is 0.0565. The summed E-state index contributed by atoms with van der Waals surface area (Å²) >= 11 is 0. The summed E-state index contributed by atoms with van der Waals surface area (Å²) in [6, 6.07) is 4.98. The van der Waals surface area contributed by atoms with Crippen LogP contribution in [0.15, 0.2) is 29.3 Å². The van der Waals surface area contributed by atoms with E-state index in [4.69, 9.17) is 0 Å². The number of fused-ring (bicyclic) bond motifs is 1. The molecule has 7 heteroatoms. The molecule has 0 aliphatic rings. The second-order valence-corrected chi connectivity index (χ2v) is 7.74. The highest BCUT2D eigenvalue weighted by Gasteiger charge is 2.26. The van der Waals surface area contributed by atoms with Crippen LogP contribution in [0.1, 0.15) is 33.3 Å². The molecule has 0 amide bonds. The Bertz CT molecular complexity index is 829. The van der Waals surface area contributed by atoms with Gasteiger partial charge in [0.1, 0.15) is 11.3 Å². The molecule has 2 rings (SSSR count). The van der Waals surface area contributed by atoms with E-state index in [1.54, 1.807) is 24.4 Å². The number of hydrogen-bond acceptors (Lipinski definition) is 5. The molecular weight excluding hydrogens is 338 g/mol. The molecule has 0 aliphatic heterocycles. The Kier molecular flexibility index (Phi) is 6.37. The monoisotopic (exact) mass is 365 g/mol. The molecule has 0 fully saturated rings. The number of phenols is 1. The van der Waals surface area contributed by atoms with Crippen molar-refractivity contribution in [1.29, 1.82) is 0 Å². The van der Waals surface area contributed by atoms with Gasteiger partial charge in [0.25, 0.3) is 0 Å². The van der Waals surface area contributed by atoms with E-state index in [9.17, 15) is 13.5 Å². The molecular formula is C18H27N3O3S. The predicted octanol–water partition coefficient (Wildman–Crippen LogP) is 2.81. The van der Waals surface area contributed by atoms with Crippen LogP contribution in [0, 0.1) is 0 Å². The number of sulfonamides is 1. The van der Waals surface area contributed by atoms with E-state index < -0.39 is 10.0 Å². The van der Waals surface area contributed by atoms with Crippen LogP contribution in [0.25, 0.3) is 10.9 Å². The fraction of sp³-hybridized carbons (Fsp3) is 0.500. The normalized spacial score (nSPS) is 12.4. The van der Waals surface area contributed by atoms with Crippen molar-refractivity contribution in [3.63, 3.8) is 0 Å². The summed E-state index contributed by atoms with van der Waals surface area (Å²) in [5, 5.41) is 11.1.